The van der Waals surface area contributed by atoms with Crippen molar-refractivity contribution >= 4 is 15.5 Å². The van der Waals surface area contributed by atoms with Crippen molar-refractivity contribution in [1.82, 2.24) is 0 Å². The molecule has 1 aromatic carbocycles. The van der Waals surface area contributed by atoms with Crippen LogP contribution in [-0.2, 0) is 6.04 Å². The summed E-state index contributed by atoms with van der Waals surface area (Å²) >= 11 is 0. The van der Waals surface area contributed by atoms with Crippen LogP contribution >= 0.6 is 0 Å². The van der Waals surface area contributed by atoms with E-state index in [4.69, 9.17) is 4.80 Å². The van der Waals surface area contributed by atoms with Crippen molar-refractivity contribution in [3.05, 3.63) is 39.9 Å². The fourth-order valence-electron chi connectivity index (χ4n) is 1.02. The van der Waals surface area contributed by atoms with Crippen LogP contribution in [0.1, 0.15) is 5.56 Å². The fourth-order valence-corrected chi connectivity index (χ4v) is 1.68. The number of nitro groups is 1. The molecule has 0 saturated carbocycles. The SMILES string of the molecule is O=[N+]([O-])c1ccccc1C[SiH2]O. The number of nitro benzene ring substituents is 1. The molecule has 0 unspecified atom stereocenters. The lowest BCUT2D eigenvalue weighted by molar-refractivity contribution is -0.385. The maximum absolute atomic E-state index is 10.4. The van der Waals surface area contributed by atoms with Gasteiger partial charge in [-0.05, 0) is 6.04 Å². The van der Waals surface area contributed by atoms with Gasteiger partial charge in [0, 0.05) is 11.6 Å². The molecule has 0 fully saturated rings. The molecular formula is C7H9NO3Si. The zero-order valence-electron chi connectivity index (χ0n) is 6.43. The number of para-hydroxylation sites is 1. The molecule has 4 nitrogen and oxygen atoms in total. The summed E-state index contributed by atoms with van der Waals surface area (Å²) in [7, 11) is -1.14. The van der Waals surface area contributed by atoms with Gasteiger partial charge in [-0.15, -0.1) is 0 Å². The third-order valence-electron chi connectivity index (χ3n) is 1.57. The maximum atomic E-state index is 10.4. The van der Waals surface area contributed by atoms with Gasteiger partial charge in [0.2, 0.25) is 0 Å². The predicted octanol–water partition coefficient (Wildman–Crippen LogP) is 0.171. The second-order valence-electron chi connectivity index (χ2n) is 2.36. The van der Waals surface area contributed by atoms with E-state index in [9.17, 15) is 10.1 Å². The largest absolute Gasteiger partial charge is 0.438 e. The summed E-state index contributed by atoms with van der Waals surface area (Å²) in [6.07, 6.45) is 0. The van der Waals surface area contributed by atoms with Crippen molar-refractivity contribution in [1.29, 1.82) is 0 Å². The van der Waals surface area contributed by atoms with Gasteiger partial charge in [-0.2, -0.15) is 0 Å². The van der Waals surface area contributed by atoms with Gasteiger partial charge in [0.05, 0.1) is 4.92 Å². The molecule has 0 aliphatic carbocycles. The van der Waals surface area contributed by atoms with Crippen LogP contribution in [0.15, 0.2) is 24.3 Å². The fraction of sp³-hybridized carbons (Fsp3) is 0.143. The second-order valence-corrected chi connectivity index (χ2v) is 3.31. The number of hydrogen-bond donors (Lipinski definition) is 1. The summed E-state index contributed by atoms with van der Waals surface area (Å²) in [5.74, 6) is 0. The Balaban J connectivity index is 3.00. The zero-order valence-corrected chi connectivity index (χ0v) is 7.85. The van der Waals surface area contributed by atoms with Gasteiger partial charge in [0.1, 0.15) is 0 Å². The van der Waals surface area contributed by atoms with Crippen LogP contribution in [0, 0.1) is 10.1 Å². The lowest BCUT2D eigenvalue weighted by Crippen LogP contribution is -1.99. The molecule has 0 aromatic heterocycles. The van der Waals surface area contributed by atoms with Gasteiger partial charge in [-0.25, -0.2) is 0 Å². The molecule has 12 heavy (non-hydrogen) atoms. The molecule has 1 N–H and O–H groups in total. The average Bonchev–Trinajstić information content (AvgIpc) is 2.05. The number of hydrogen-bond acceptors (Lipinski definition) is 3. The maximum Gasteiger partial charge on any atom is 0.272 e. The highest BCUT2D eigenvalue weighted by Gasteiger charge is 2.10. The topological polar surface area (TPSA) is 63.4 Å². The summed E-state index contributed by atoms with van der Waals surface area (Å²) in [5.41, 5.74) is 0.746. The van der Waals surface area contributed by atoms with Crippen LogP contribution in [0.3, 0.4) is 0 Å². The Labute approximate surface area is 71.9 Å². The van der Waals surface area contributed by atoms with Crippen molar-refractivity contribution in [3.8, 4) is 0 Å². The first kappa shape index (κ1) is 8.89. The van der Waals surface area contributed by atoms with E-state index in [1.807, 2.05) is 0 Å². The van der Waals surface area contributed by atoms with E-state index in [1.54, 1.807) is 18.2 Å². The normalized spacial score (nSPS) is 10.8. The highest BCUT2D eigenvalue weighted by molar-refractivity contribution is 6.24. The molecule has 1 aromatic rings. The lowest BCUT2D eigenvalue weighted by atomic mass is 10.2. The van der Waals surface area contributed by atoms with Crippen LogP contribution < -0.4 is 0 Å². The molecule has 0 aliphatic heterocycles. The molecule has 0 amide bonds. The quantitative estimate of drug-likeness (QED) is 0.413. The third kappa shape index (κ3) is 1.90. The van der Waals surface area contributed by atoms with Crippen LogP contribution in [0.2, 0.25) is 0 Å². The minimum Gasteiger partial charge on any atom is -0.438 e. The van der Waals surface area contributed by atoms with Gasteiger partial charge in [0.15, 0.2) is 9.76 Å². The summed E-state index contributed by atoms with van der Waals surface area (Å²) in [6.45, 7) is 0. The van der Waals surface area contributed by atoms with Gasteiger partial charge >= 0.3 is 0 Å². The first-order valence-corrected chi connectivity index (χ1v) is 5.22. The molecule has 0 bridgehead atoms. The molecule has 64 valence electrons. The molecule has 1 rings (SSSR count). The highest BCUT2D eigenvalue weighted by atomic mass is 28.2. The van der Waals surface area contributed by atoms with Crippen LogP contribution in [0.5, 0.6) is 0 Å². The Kier molecular flexibility index (Phi) is 2.95. The summed E-state index contributed by atoms with van der Waals surface area (Å²) < 4.78 is 0. The van der Waals surface area contributed by atoms with E-state index in [0.29, 0.717) is 11.6 Å². The standard InChI is InChI=1S/C7H9NO3Si/c9-8(10)7-4-2-1-3-6(7)5-12-11/h1-4,11H,5,12H2. The Hall–Kier alpha value is -1.20. The molecule has 0 atom stereocenters. The highest BCUT2D eigenvalue weighted by Crippen LogP contribution is 2.16. The van der Waals surface area contributed by atoms with E-state index in [-0.39, 0.29) is 5.69 Å². The summed E-state index contributed by atoms with van der Waals surface area (Å²) in [6, 6.07) is 6.98. The number of rotatable bonds is 3. The minimum atomic E-state index is -1.14. The first-order chi connectivity index (χ1) is 5.75. The van der Waals surface area contributed by atoms with Crippen molar-refractivity contribution in [2.24, 2.45) is 0 Å². The Morgan fingerprint density at radius 2 is 2.17 bits per heavy atom. The van der Waals surface area contributed by atoms with Gasteiger partial charge < -0.3 is 4.80 Å². The second kappa shape index (κ2) is 3.98. The smallest absolute Gasteiger partial charge is 0.272 e. The van der Waals surface area contributed by atoms with Gasteiger partial charge in [0.25, 0.3) is 5.69 Å². The Morgan fingerprint density at radius 3 is 2.75 bits per heavy atom. The van der Waals surface area contributed by atoms with Crippen molar-refractivity contribution in [2.75, 3.05) is 0 Å². The zero-order chi connectivity index (χ0) is 8.97. The van der Waals surface area contributed by atoms with Crippen molar-refractivity contribution in [2.45, 2.75) is 6.04 Å². The molecule has 0 heterocycles. The summed E-state index contributed by atoms with van der Waals surface area (Å²) in [4.78, 5) is 18.8. The van der Waals surface area contributed by atoms with E-state index in [0.717, 1.165) is 0 Å². The van der Waals surface area contributed by atoms with Gasteiger partial charge in [-0.3, -0.25) is 10.1 Å². The minimum absolute atomic E-state index is 0.110. The van der Waals surface area contributed by atoms with E-state index in [2.05, 4.69) is 0 Å². The molecule has 0 radical (unpaired) electrons. The Bertz CT molecular complexity index is 290. The van der Waals surface area contributed by atoms with Crippen molar-refractivity contribution < 1.29 is 9.72 Å². The molecular weight excluding hydrogens is 174 g/mol. The molecule has 5 heteroatoms. The lowest BCUT2D eigenvalue weighted by Gasteiger charge is -1.98. The molecule has 0 saturated heterocycles. The van der Waals surface area contributed by atoms with E-state index in [1.165, 1.54) is 6.07 Å². The van der Waals surface area contributed by atoms with Crippen molar-refractivity contribution in [3.63, 3.8) is 0 Å². The van der Waals surface area contributed by atoms with Crippen LogP contribution in [0.4, 0.5) is 5.69 Å². The molecule has 0 aliphatic rings. The number of nitrogens with zero attached hydrogens (tertiary/aromatic N) is 1. The van der Waals surface area contributed by atoms with Crippen LogP contribution in [0.25, 0.3) is 0 Å². The average molecular weight is 183 g/mol. The van der Waals surface area contributed by atoms with Crippen LogP contribution in [-0.4, -0.2) is 19.5 Å². The third-order valence-corrected chi connectivity index (χ3v) is 2.33. The first-order valence-electron chi connectivity index (χ1n) is 3.59. The molecule has 0 spiro atoms. The monoisotopic (exact) mass is 183 g/mol. The Morgan fingerprint density at radius 1 is 1.50 bits per heavy atom. The van der Waals surface area contributed by atoms with E-state index < -0.39 is 14.7 Å². The summed E-state index contributed by atoms with van der Waals surface area (Å²) in [5, 5.41) is 10.4. The van der Waals surface area contributed by atoms with E-state index >= 15 is 0 Å². The van der Waals surface area contributed by atoms with Gasteiger partial charge in [-0.1, -0.05) is 18.2 Å². The predicted molar refractivity (Wildman–Crippen MR) is 47.6 cm³/mol. The number of benzene rings is 1.